The molecule has 0 saturated carbocycles. The zero-order valence-corrected chi connectivity index (χ0v) is 64.8. The van der Waals surface area contributed by atoms with Crippen molar-refractivity contribution in [3.63, 3.8) is 0 Å². The predicted molar refractivity (Wildman–Crippen MR) is 398 cm³/mol. The molecule has 0 aromatic rings. The molecule has 0 saturated heterocycles. The Morgan fingerprint density at radius 2 is 0.490 bits per heavy atom. The molecule has 0 heterocycles. The fourth-order valence-corrected chi connectivity index (χ4v) is 10.9. The van der Waals surface area contributed by atoms with E-state index in [1.54, 1.807) is 0 Å². The molecular weight excluding hydrogens is 1310 g/mol. The number of esters is 4. The first-order valence-electron chi connectivity index (χ1n) is 39.1. The molecule has 0 aromatic heterocycles. The van der Waals surface area contributed by atoms with Crippen LogP contribution in [-0.2, 0) is 76.0 Å². The Hall–Kier alpha value is -6.20. The Kier molecular flexibility index (Phi) is 66.2. The van der Waals surface area contributed by atoms with Gasteiger partial charge < -0.3 is 71.5 Å². The lowest BCUT2D eigenvalue weighted by Gasteiger charge is -2.25. The average molecular weight is 1450 g/mol. The summed E-state index contributed by atoms with van der Waals surface area (Å²) in [5, 5.41) is 0. The second-order valence-corrected chi connectivity index (χ2v) is 26.1. The van der Waals surface area contributed by atoms with Crippen molar-refractivity contribution in [1.82, 2.24) is 14.7 Å². The molecule has 4 atom stereocenters. The zero-order valence-electron chi connectivity index (χ0n) is 64.8. The van der Waals surface area contributed by atoms with Gasteiger partial charge in [0.25, 0.3) is 0 Å². The smallest absolute Gasteiger partial charge is 0.462 e. The minimum atomic E-state index is -0.808. The number of hydrogen-bond donors (Lipinski definition) is 0. The van der Waals surface area contributed by atoms with Gasteiger partial charge in [-0.25, -0.2) is 19.2 Å². The Labute approximate surface area is 614 Å². The predicted octanol–water partition coefficient (Wildman–Crippen LogP) is 16.9. The number of nitrogens with zero attached hydrogens (tertiary/aromatic N) is 3. The molecule has 590 valence electrons. The van der Waals surface area contributed by atoms with Crippen LogP contribution < -0.4 is 0 Å². The molecule has 0 N–H and O–H groups in total. The summed E-state index contributed by atoms with van der Waals surface area (Å²) in [6, 6.07) is 0. The number of hydrogen-bond acceptors (Lipinski definition) is 23. The molecule has 0 bridgehead atoms. The fraction of sp³-hybridized carbons (Fsp3) is 0.797. The molecule has 4 unspecified atom stereocenters. The first kappa shape index (κ1) is 95.8. The van der Waals surface area contributed by atoms with Crippen molar-refractivity contribution >= 4 is 48.5 Å². The van der Waals surface area contributed by atoms with Crippen LogP contribution in [0.2, 0.25) is 0 Å². The van der Waals surface area contributed by atoms with Crippen LogP contribution in [0.3, 0.4) is 0 Å². The van der Waals surface area contributed by atoms with Gasteiger partial charge in [-0.1, -0.05) is 155 Å². The Morgan fingerprint density at radius 1 is 0.265 bits per heavy atom. The largest absolute Gasteiger partial charge is 0.508 e. The molecule has 0 aliphatic heterocycles. The Balaban J connectivity index is 5.78. The lowest BCUT2D eigenvalue weighted by atomic mass is 9.97. The highest BCUT2D eigenvalue weighted by atomic mass is 16.7. The van der Waals surface area contributed by atoms with Crippen LogP contribution in [0.4, 0.5) is 19.2 Å². The molecule has 23 heteroatoms. The molecule has 0 rings (SSSR count). The first-order chi connectivity index (χ1) is 49.5. The summed E-state index contributed by atoms with van der Waals surface area (Å²) >= 11 is 0. The van der Waals surface area contributed by atoms with E-state index in [0.717, 1.165) is 154 Å². The second kappa shape index (κ2) is 70.5. The number of ether oxygens (including phenoxy) is 12. The molecular formula is C79H139N3O20. The lowest BCUT2D eigenvalue weighted by molar-refractivity contribution is -0.147. The van der Waals surface area contributed by atoms with Crippen molar-refractivity contribution in [2.45, 2.75) is 248 Å². The Bertz CT molecular complexity index is 1940. The number of allylic oxidation sites excluding steroid dienone is 8. The first-order valence-corrected chi connectivity index (χ1v) is 39.1. The van der Waals surface area contributed by atoms with Crippen LogP contribution in [0.25, 0.3) is 0 Å². The SMILES string of the molecule is CC/C=C\CCC(CCCC)COC(=O)OCCOC(=O)CCN(CCCN(C)CCCN(CCC(=O)OCCOC(=O)OCC(CC/C=C\CC)CCCC)CCC(=O)OCCOC(=O)OCC(CC/C=C\CC)CCCC)CCC(=O)OCCOC(=O)OCC(CC/C=C\CC)CCCC. The van der Waals surface area contributed by atoms with E-state index in [1.807, 2.05) is 16.8 Å². The topological polar surface area (TPSA) is 257 Å². The summed E-state index contributed by atoms with van der Waals surface area (Å²) in [4.78, 5) is 108. The van der Waals surface area contributed by atoms with Gasteiger partial charge in [-0.15, -0.1) is 0 Å². The monoisotopic (exact) mass is 1450 g/mol. The number of unbranched alkanes of at least 4 members (excludes halogenated alkanes) is 4. The summed E-state index contributed by atoms with van der Waals surface area (Å²) < 4.78 is 64.2. The normalized spacial score (nSPS) is 12.8. The minimum Gasteiger partial charge on any atom is -0.462 e. The third-order valence-electron chi connectivity index (χ3n) is 17.0. The van der Waals surface area contributed by atoms with Crippen LogP contribution in [0.15, 0.2) is 48.6 Å². The van der Waals surface area contributed by atoms with Crippen LogP contribution in [0.5, 0.6) is 0 Å². The summed E-state index contributed by atoms with van der Waals surface area (Å²) in [5.74, 6) is -1.12. The zero-order chi connectivity index (χ0) is 75.2. The van der Waals surface area contributed by atoms with Gasteiger partial charge in [0, 0.05) is 26.2 Å². The van der Waals surface area contributed by atoms with Gasteiger partial charge in [0.15, 0.2) is 0 Å². The van der Waals surface area contributed by atoms with Crippen molar-refractivity contribution in [2.24, 2.45) is 23.7 Å². The molecule has 0 amide bonds. The molecule has 0 aromatic carbocycles. The van der Waals surface area contributed by atoms with Crippen LogP contribution >= 0.6 is 0 Å². The molecule has 102 heavy (non-hydrogen) atoms. The van der Waals surface area contributed by atoms with Gasteiger partial charge in [-0.2, -0.15) is 0 Å². The highest BCUT2D eigenvalue weighted by molar-refractivity contribution is 5.71. The number of rotatable bonds is 68. The van der Waals surface area contributed by atoms with Crippen molar-refractivity contribution in [2.75, 3.05) is 139 Å². The lowest BCUT2D eigenvalue weighted by Crippen LogP contribution is -2.34. The van der Waals surface area contributed by atoms with E-state index >= 15 is 0 Å². The van der Waals surface area contributed by atoms with E-state index in [1.165, 1.54) is 0 Å². The van der Waals surface area contributed by atoms with Crippen LogP contribution in [0, 0.1) is 23.7 Å². The maximum Gasteiger partial charge on any atom is 0.508 e. The third-order valence-corrected chi connectivity index (χ3v) is 17.0. The average Bonchev–Trinajstić information content (AvgIpc) is 1.66. The van der Waals surface area contributed by atoms with Crippen molar-refractivity contribution < 1.29 is 95.2 Å². The van der Waals surface area contributed by atoms with E-state index in [0.29, 0.717) is 39.0 Å². The minimum absolute atomic E-state index is 0.00215. The molecule has 0 spiro atoms. The van der Waals surface area contributed by atoms with E-state index in [2.05, 4.69) is 109 Å². The number of carbonyl (C=O) groups is 8. The van der Waals surface area contributed by atoms with Crippen LogP contribution in [0.1, 0.15) is 248 Å². The standard InChI is InChI=1S/C79H139N3O20/c1-10-18-26-30-40-68(36-22-14-5)64-99-76(87)95-60-56-91-72(83)44-52-81(53-45-73(84)92-57-61-96-77(88)100-65-69(37-23-15-6)41-31-27-19-11-2)50-34-48-80(9)49-35-51-82(54-46-74(85)93-58-62-97-78(89)101-66-70(38-24-16-7)42-32-28-20-12-3)55-47-75(86)94-59-63-98-79(90)102-67-71(39-25-17-8)43-33-29-21-13-4/h18-21,26-29,68-71H,10-17,22-25,30-67H2,1-9H3/b26-18-,27-19-,28-20-,29-21-. The summed E-state index contributed by atoms with van der Waals surface area (Å²) in [5.41, 5.74) is 0. The van der Waals surface area contributed by atoms with Gasteiger partial charge in [-0.05, 0) is 172 Å². The highest BCUT2D eigenvalue weighted by Crippen LogP contribution is 2.21. The van der Waals surface area contributed by atoms with Crippen molar-refractivity contribution in [1.29, 1.82) is 0 Å². The second-order valence-electron chi connectivity index (χ2n) is 26.1. The highest BCUT2D eigenvalue weighted by Gasteiger charge is 2.20. The van der Waals surface area contributed by atoms with Gasteiger partial charge in [0.05, 0.1) is 52.1 Å². The quantitative estimate of drug-likeness (QED) is 0.0237. The van der Waals surface area contributed by atoms with E-state index < -0.39 is 48.5 Å². The van der Waals surface area contributed by atoms with Gasteiger partial charge in [0.1, 0.15) is 52.9 Å². The molecule has 0 radical (unpaired) electrons. The van der Waals surface area contributed by atoms with Crippen molar-refractivity contribution in [3.8, 4) is 0 Å². The van der Waals surface area contributed by atoms with Crippen LogP contribution in [-0.4, -0.2) is 202 Å². The van der Waals surface area contributed by atoms with E-state index in [-0.39, 0.29) is 155 Å². The number of carbonyl (C=O) groups excluding carboxylic acids is 8. The maximum atomic E-state index is 13.0. The summed E-state index contributed by atoms with van der Waals surface area (Å²) in [7, 11) is 1.98. The fourth-order valence-electron chi connectivity index (χ4n) is 10.9. The van der Waals surface area contributed by atoms with Gasteiger partial charge >= 0.3 is 48.5 Å². The summed E-state index contributed by atoms with van der Waals surface area (Å²) in [6.45, 7) is 20.0. The molecule has 0 aliphatic rings. The van der Waals surface area contributed by atoms with Gasteiger partial charge in [-0.3, -0.25) is 19.2 Å². The maximum absolute atomic E-state index is 13.0. The third kappa shape index (κ3) is 62.4. The molecule has 23 nitrogen and oxygen atoms in total. The van der Waals surface area contributed by atoms with E-state index in [9.17, 15) is 38.4 Å². The molecule has 0 aliphatic carbocycles. The van der Waals surface area contributed by atoms with E-state index in [4.69, 9.17) is 56.8 Å². The van der Waals surface area contributed by atoms with Crippen molar-refractivity contribution in [3.05, 3.63) is 48.6 Å². The van der Waals surface area contributed by atoms with Gasteiger partial charge in [0.2, 0.25) is 0 Å². The molecule has 0 fully saturated rings. The Morgan fingerprint density at radius 3 is 0.706 bits per heavy atom. The summed E-state index contributed by atoms with van der Waals surface area (Å²) in [6.07, 6.45) is 38.5.